The van der Waals surface area contributed by atoms with Crippen molar-refractivity contribution in [2.24, 2.45) is 0 Å². The van der Waals surface area contributed by atoms with Crippen LogP contribution in [0.25, 0.3) is 22.6 Å². The average molecular weight is 432 g/mol. The average Bonchev–Trinajstić information content (AvgIpc) is 2.80. The molecule has 0 spiro atoms. The molecule has 4 aromatic rings. The molecule has 0 atom stereocenters. The highest BCUT2D eigenvalue weighted by Gasteiger charge is 2.17. The van der Waals surface area contributed by atoms with E-state index in [0.29, 0.717) is 5.56 Å². The van der Waals surface area contributed by atoms with Gasteiger partial charge in [-0.25, -0.2) is 19.6 Å². The number of nitrogens with one attached hydrogen (secondary N) is 1. The van der Waals surface area contributed by atoms with Gasteiger partial charge in [0.15, 0.2) is 5.52 Å². The van der Waals surface area contributed by atoms with Crippen LogP contribution in [0, 0.1) is 0 Å². The lowest BCUT2D eigenvalue weighted by Gasteiger charge is -2.13. The van der Waals surface area contributed by atoms with Crippen molar-refractivity contribution in [2.45, 2.75) is 6.92 Å². The summed E-state index contributed by atoms with van der Waals surface area (Å²) >= 11 is 0. The van der Waals surface area contributed by atoms with Crippen LogP contribution >= 0.6 is 0 Å². The highest BCUT2D eigenvalue weighted by atomic mass is 16.5. The summed E-state index contributed by atoms with van der Waals surface area (Å²) in [4.78, 5) is 48.7. The number of carbonyl (C=O) groups is 2. The van der Waals surface area contributed by atoms with Crippen LogP contribution < -0.4 is 15.5 Å². The predicted octanol–water partition coefficient (Wildman–Crippen LogP) is 3.43. The first-order valence-corrected chi connectivity index (χ1v) is 9.50. The quantitative estimate of drug-likeness (QED) is 0.372. The number of aromatic nitrogens is 3. The zero-order valence-electron chi connectivity index (χ0n) is 16.8. The second kappa shape index (κ2) is 9.04. The van der Waals surface area contributed by atoms with Gasteiger partial charge in [-0.3, -0.25) is 15.1 Å². The van der Waals surface area contributed by atoms with E-state index in [2.05, 4.69) is 20.3 Å². The van der Waals surface area contributed by atoms with Gasteiger partial charge in [-0.1, -0.05) is 0 Å². The molecule has 0 fully saturated rings. The Morgan fingerprint density at radius 1 is 1.09 bits per heavy atom. The Hall–Kier alpha value is -4.60. The van der Waals surface area contributed by atoms with E-state index < -0.39 is 17.5 Å². The summed E-state index contributed by atoms with van der Waals surface area (Å²) in [5.41, 5.74) is 0.539. The Bertz CT molecular complexity index is 1350. The summed E-state index contributed by atoms with van der Waals surface area (Å²) < 4.78 is 16.0. The third kappa shape index (κ3) is 4.43. The molecule has 10 nitrogen and oxygen atoms in total. The van der Waals surface area contributed by atoms with Gasteiger partial charge < -0.3 is 13.9 Å². The normalized spacial score (nSPS) is 10.5. The van der Waals surface area contributed by atoms with Crippen molar-refractivity contribution in [1.29, 1.82) is 0 Å². The van der Waals surface area contributed by atoms with E-state index in [1.807, 2.05) is 0 Å². The minimum absolute atomic E-state index is 0.0455. The zero-order chi connectivity index (χ0) is 22.5. The lowest BCUT2D eigenvalue weighted by molar-refractivity contribution is 0.0734. The number of hydrogen-bond donors (Lipinski definition) is 1. The van der Waals surface area contributed by atoms with Crippen molar-refractivity contribution in [3.05, 3.63) is 77.0 Å². The Morgan fingerprint density at radius 2 is 1.94 bits per heavy atom. The van der Waals surface area contributed by atoms with Crippen LogP contribution in [-0.2, 0) is 4.74 Å². The molecule has 3 heterocycles. The van der Waals surface area contributed by atoms with Crippen LogP contribution in [-0.4, -0.2) is 33.6 Å². The molecule has 0 aliphatic heterocycles. The number of esters is 1. The fraction of sp³-hybridized carbons (Fsp3) is 0.0909. The molecular formula is C22H16N4O6. The fourth-order valence-corrected chi connectivity index (χ4v) is 2.85. The van der Waals surface area contributed by atoms with Crippen molar-refractivity contribution in [2.75, 3.05) is 11.9 Å². The van der Waals surface area contributed by atoms with Gasteiger partial charge in [-0.15, -0.1) is 0 Å². The number of benzene rings is 1. The number of carbonyl (C=O) groups excluding carboxylic acids is 2. The molecule has 3 aromatic heterocycles. The maximum Gasteiger partial charge on any atom is 0.411 e. The van der Waals surface area contributed by atoms with Gasteiger partial charge in [0.2, 0.25) is 11.1 Å². The Balaban J connectivity index is 1.74. The van der Waals surface area contributed by atoms with Crippen molar-refractivity contribution in [1.82, 2.24) is 15.0 Å². The van der Waals surface area contributed by atoms with Gasteiger partial charge in [0.1, 0.15) is 11.5 Å². The van der Waals surface area contributed by atoms with Crippen molar-refractivity contribution >= 4 is 29.0 Å². The SMILES string of the molecule is CCOC(=O)Nc1cc(OC(=O)c2cccnc2)ccc1-c1cc(=O)c2nccnc2o1. The van der Waals surface area contributed by atoms with E-state index in [0.717, 1.165) is 0 Å². The number of rotatable bonds is 5. The Labute approximate surface area is 180 Å². The van der Waals surface area contributed by atoms with Crippen LogP contribution in [0.2, 0.25) is 0 Å². The molecular weight excluding hydrogens is 416 g/mol. The zero-order valence-corrected chi connectivity index (χ0v) is 16.8. The summed E-state index contributed by atoms with van der Waals surface area (Å²) in [6, 6.07) is 8.87. The van der Waals surface area contributed by atoms with E-state index in [1.165, 1.54) is 49.1 Å². The molecule has 0 saturated heterocycles. The third-order valence-electron chi connectivity index (χ3n) is 4.24. The topological polar surface area (TPSA) is 134 Å². The summed E-state index contributed by atoms with van der Waals surface area (Å²) in [7, 11) is 0. The second-order valence-electron chi connectivity index (χ2n) is 6.37. The molecule has 32 heavy (non-hydrogen) atoms. The molecule has 0 unspecified atom stereocenters. The van der Waals surface area contributed by atoms with Gasteiger partial charge in [-0.2, -0.15) is 0 Å². The molecule has 1 aromatic carbocycles. The minimum Gasteiger partial charge on any atom is -0.450 e. The van der Waals surface area contributed by atoms with Crippen molar-refractivity contribution in [3.63, 3.8) is 0 Å². The van der Waals surface area contributed by atoms with Crippen LogP contribution in [0.4, 0.5) is 10.5 Å². The number of pyridine rings is 1. The highest BCUT2D eigenvalue weighted by molar-refractivity contribution is 5.93. The molecule has 0 bridgehead atoms. The molecule has 0 aliphatic rings. The summed E-state index contributed by atoms with van der Waals surface area (Å²) in [6.07, 6.45) is 4.96. The molecule has 0 radical (unpaired) electrons. The lowest BCUT2D eigenvalue weighted by Crippen LogP contribution is -2.15. The van der Waals surface area contributed by atoms with E-state index >= 15 is 0 Å². The molecule has 1 amide bonds. The standard InChI is InChI=1S/C22H16N4O6/c1-2-30-22(29)26-16-10-14(31-21(28)13-4-3-7-23-12-13)5-6-15(16)18-11-17(27)19-20(32-18)25-9-8-24-19/h3-12H,2H2,1H3,(H,26,29). The van der Waals surface area contributed by atoms with E-state index in [9.17, 15) is 14.4 Å². The lowest BCUT2D eigenvalue weighted by atomic mass is 10.1. The van der Waals surface area contributed by atoms with Crippen molar-refractivity contribution < 1.29 is 23.5 Å². The first-order valence-electron chi connectivity index (χ1n) is 9.50. The van der Waals surface area contributed by atoms with Crippen LogP contribution in [0.1, 0.15) is 17.3 Å². The maximum absolute atomic E-state index is 12.4. The smallest absolute Gasteiger partial charge is 0.411 e. The molecule has 160 valence electrons. The van der Waals surface area contributed by atoms with E-state index in [-0.39, 0.29) is 40.6 Å². The summed E-state index contributed by atoms with van der Waals surface area (Å²) in [5, 5.41) is 2.57. The third-order valence-corrected chi connectivity index (χ3v) is 4.24. The number of amides is 1. The van der Waals surface area contributed by atoms with Gasteiger partial charge in [0, 0.05) is 42.5 Å². The first-order chi connectivity index (χ1) is 15.5. The second-order valence-corrected chi connectivity index (χ2v) is 6.37. The Kier molecular flexibility index (Phi) is 5.84. The molecule has 1 N–H and O–H groups in total. The summed E-state index contributed by atoms with van der Waals surface area (Å²) in [5.74, 6) is -0.335. The molecule has 10 heteroatoms. The number of ether oxygens (including phenoxy) is 2. The number of anilines is 1. The van der Waals surface area contributed by atoms with Crippen LogP contribution in [0.3, 0.4) is 0 Å². The summed E-state index contributed by atoms with van der Waals surface area (Å²) in [6.45, 7) is 1.81. The van der Waals surface area contributed by atoms with E-state index in [4.69, 9.17) is 13.9 Å². The maximum atomic E-state index is 12.4. The molecule has 0 saturated carbocycles. The van der Waals surface area contributed by atoms with Crippen LogP contribution in [0.5, 0.6) is 5.75 Å². The predicted molar refractivity (Wildman–Crippen MR) is 113 cm³/mol. The largest absolute Gasteiger partial charge is 0.450 e. The van der Waals surface area contributed by atoms with Gasteiger partial charge in [-0.05, 0) is 31.2 Å². The number of fused-ring (bicyclic) bond motifs is 1. The van der Waals surface area contributed by atoms with Gasteiger partial charge >= 0.3 is 12.1 Å². The van der Waals surface area contributed by atoms with Gasteiger partial charge in [0.05, 0.1) is 17.9 Å². The highest BCUT2D eigenvalue weighted by Crippen LogP contribution is 2.32. The first kappa shape index (κ1) is 20.7. The molecule has 0 aliphatic carbocycles. The number of hydrogen-bond acceptors (Lipinski definition) is 9. The minimum atomic E-state index is -0.729. The fourth-order valence-electron chi connectivity index (χ4n) is 2.85. The van der Waals surface area contributed by atoms with E-state index in [1.54, 1.807) is 19.1 Å². The van der Waals surface area contributed by atoms with Gasteiger partial charge in [0.25, 0.3) is 0 Å². The van der Waals surface area contributed by atoms with Crippen molar-refractivity contribution in [3.8, 4) is 17.1 Å². The van der Waals surface area contributed by atoms with Crippen LogP contribution in [0.15, 0.2) is 70.4 Å². The molecule has 4 rings (SSSR count). The Morgan fingerprint density at radius 3 is 2.72 bits per heavy atom. The monoisotopic (exact) mass is 432 g/mol. The number of nitrogens with zero attached hydrogens (tertiary/aromatic N) is 3.